The lowest BCUT2D eigenvalue weighted by Crippen LogP contribution is -2.33. The van der Waals surface area contributed by atoms with E-state index >= 15 is 0 Å². The van der Waals surface area contributed by atoms with Gasteiger partial charge in [0, 0.05) is 65.4 Å². The van der Waals surface area contributed by atoms with Crippen molar-refractivity contribution in [3.8, 4) is 0 Å². The third-order valence-corrected chi connectivity index (χ3v) is 14.2. The SMILES string of the molecule is CC(C)NC(=O)OC1CC[C@H](c2cc(Nc3ccc4c(c3)CCCS4(=O)=O)n[nH]2)C1.CC(C)NC(=O)O[C@@H]1CC[C@H](c2cc(Nc3ccc4c(c3)S(=O)(=O)NC4)n[nH]2)C1. The average molecular weight is 852 g/mol. The molecule has 8 rings (SSSR count). The van der Waals surface area contributed by atoms with E-state index in [0.29, 0.717) is 40.1 Å². The van der Waals surface area contributed by atoms with Crippen LogP contribution in [0, 0.1) is 0 Å². The van der Waals surface area contributed by atoms with Gasteiger partial charge in [0.05, 0.1) is 15.5 Å². The number of aromatic nitrogens is 4. The van der Waals surface area contributed by atoms with E-state index in [1.165, 1.54) is 0 Å². The van der Waals surface area contributed by atoms with Crippen molar-refractivity contribution in [2.45, 2.75) is 132 Å². The van der Waals surface area contributed by atoms with Gasteiger partial charge in [0.1, 0.15) is 12.2 Å². The number of alkyl carbamates (subject to hydrolysis) is 2. The van der Waals surface area contributed by atoms with Crippen LogP contribution >= 0.6 is 0 Å². The molecular weight excluding hydrogens is 799 g/mol. The Morgan fingerprint density at radius 1 is 0.695 bits per heavy atom. The smallest absolute Gasteiger partial charge is 0.407 e. The number of aromatic amines is 2. The molecule has 17 nitrogen and oxygen atoms in total. The lowest BCUT2D eigenvalue weighted by molar-refractivity contribution is 0.0972. The molecule has 59 heavy (non-hydrogen) atoms. The fraction of sp³-hybridized carbons (Fsp3) is 0.500. The highest BCUT2D eigenvalue weighted by Gasteiger charge is 2.32. The molecule has 318 valence electrons. The van der Waals surface area contributed by atoms with Gasteiger partial charge in [0.15, 0.2) is 21.5 Å². The van der Waals surface area contributed by atoms with Crippen LogP contribution in [0.5, 0.6) is 0 Å². The van der Waals surface area contributed by atoms with Gasteiger partial charge in [-0.25, -0.2) is 31.1 Å². The Morgan fingerprint density at radius 3 is 1.80 bits per heavy atom. The number of aryl methyl sites for hydroxylation is 1. The number of rotatable bonds is 10. The number of hydrogen-bond acceptors (Lipinski definition) is 12. The Morgan fingerprint density at radius 2 is 1.24 bits per heavy atom. The van der Waals surface area contributed by atoms with Crippen molar-refractivity contribution in [3.63, 3.8) is 0 Å². The van der Waals surface area contributed by atoms with Gasteiger partial charge in [-0.05, 0) is 121 Å². The molecule has 2 aliphatic heterocycles. The molecule has 0 spiro atoms. The number of amides is 2. The molecular formula is C40H53N9O8S2. The number of ether oxygens (including phenoxy) is 2. The van der Waals surface area contributed by atoms with Crippen molar-refractivity contribution in [2.75, 3.05) is 16.4 Å². The molecule has 2 saturated carbocycles. The van der Waals surface area contributed by atoms with E-state index in [1.54, 1.807) is 24.3 Å². The second-order valence-electron chi connectivity index (χ2n) is 16.2. The van der Waals surface area contributed by atoms with Crippen molar-refractivity contribution >= 4 is 55.1 Å². The predicted molar refractivity (Wildman–Crippen MR) is 221 cm³/mol. The van der Waals surface area contributed by atoms with E-state index in [2.05, 4.69) is 46.4 Å². The highest BCUT2D eigenvalue weighted by molar-refractivity contribution is 7.91. The molecule has 4 heterocycles. The number of H-pyrrole nitrogens is 2. The average Bonchev–Trinajstić information content (AvgIpc) is 4.01. The van der Waals surface area contributed by atoms with Gasteiger partial charge in [0.25, 0.3) is 0 Å². The fourth-order valence-corrected chi connectivity index (χ4v) is 10.9. The van der Waals surface area contributed by atoms with Gasteiger partial charge in [0.2, 0.25) is 10.0 Å². The van der Waals surface area contributed by atoms with Crippen LogP contribution in [0.3, 0.4) is 0 Å². The van der Waals surface area contributed by atoms with Crippen LogP contribution < -0.4 is 26.0 Å². The monoisotopic (exact) mass is 851 g/mol. The van der Waals surface area contributed by atoms with Crippen LogP contribution in [0.25, 0.3) is 0 Å². The quantitative estimate of drug-likeness (QED) is 0.0923. The summed E-state index contributed by atoms with van der Waals surface area (Å²) in [5.41, 5.74) is 5.08. The van der Waals surface area contributed by atoms with Crippen LogP contribution in [0.15, 0.2) is 58.3 Å². The highest BCUT2D eigenvalue weighted by atomic mass is 32.2. The molecule has 0 bridgehead atoms. The van der Waals surface area contributed by atoms with E-state index in [4.69, 9.17) is 9.47 Å². The molecule has 1 unspecified atom stereocenters. The highest BCUT2D eigenvalue weighted by Crippen LogP contribution is 2.38. The lowest BCUT2D eigenvalue weighted by Gasteiger charge is -2.17. The van der Waals surface area contributed by atoms with Gasteiger partial charge in [-0.15, -0.1) is 0 Å². The Bertz CT molecular complexity index is 2380. The number of fused-ring (bicyclic) bond motifs is 2. The third-order valence-electron chi connectivity index (χ3n) is 10.8. The standard InChI is InChI=1S/C21H28N4O4S.C19H25N5O4S/c1-13(2)22-21(26)29-17-7-5-14(11-17)18-12-20(25-24-18)23-16-6-8-19-15(10-16)4-3-9-30(19,27)28;1-11(2)21-19(25)28-15-6-4-12(7-15)16-9-18(24-23-16)22-14-5-3-13-10-20-29(26,27)17(13)8-14/h6,8,10,12-14,17H,3-5,7,9,11H2,1-2H3,(H,22,26)(H2,23,24,25);3,5,8-9,11-12,15,20H,4,6-7,10H2,1-2H3,(H,21,25)(H2,22,23,24)/t14-,17?;12-,15+/m00/s1. The van der Waals surface area contributed by atoms with Crippen LogP contribution in [0.2, 0.25) is 0 Å². The van der Waals surface area contributed by atoms with E-state index in [-0.39, 0.29) is 54.1 Å². The largest absolute Gasteiger partial charge is 0.446 e. The summed E-state index contributed by atoms with van der Waals surface area (Å²) < 4.78 is 61.8. The minimum Gasteiger partial charge on any atom is -0.446 e. The van der Waals surface area contributed by atoms with Crippen molar-refractivity contribution in [2.24, 2.45) is 0 Å². The Hall–Kier alpha value is -5.14. The number of nitrogens with one attached hydrogen (secondary N) is 7. The number of hydrogen-bond donors (Lipinski definition) is 7. The molecule has 19 heteroatoms. The topological polar surface area (TPSA) is 238 Å². The summed E-state index contributed by atoms with van der Waals surface area (Å²) in [5, 5.41) is 26.7. The Balaban J connectivity index is 0.000000179. The van der Waals surface area contributed by atoms with E-state index < -0.39 is 19.9 Å². The number of benzene rings is 2. The zero-order valence-electron chi connectivity index (χ0n) is 33.6. The molecule has 2 aromatic carbocycles. The molecule has 2 fully saturated rings. The summed E-state index contributed by atoms with van der Waals surface area (Å²) in [4.78, 5) is 24.3. The summed E-state index contributed by atoms with van der Waals surface area (Å²) in [6, 6.07) is 14.6. The van der Waals surface area contributed by atoms with E-state index in [0.717, 1.165) is 73.1 Å². The second-order valence-corrected chi connectivity index (χ2v) is 20.0. The van der Waals surface area contributed by atoms with Crippen molar-refractivity contribution < 1.29 is 35.9 Å². The summed E-state index contributed by atoms with van der Waals surface area (Å²) >= 11 is 0. The number of sulfonamides is 1. The van der Waals surface area contributed by atoms with Crippen LogP contribution in [-0.2, 0) is 42.3 Å². The predicted octanol–water partition coefficient (Wildman–Crippen LogP) is 6.36. The molecule has 4 atom stereocenters. The first-order valence-electron chi connectivity index (χ1n) is 20.2. The normalized spacial score (nSPS) is 22.5. The maximum absolute atomic E-state index is 12.2. The third kappa shape index (κ3) is 10.5. The maximum atomic E-state index is 12.2. The van der Waals surface area contributed by atoms with Gasteiger partial charge >= 0.3 is 12.2 Å². The van der Waals surface area contributed by atoms with E-state index in [9.17, 15) is 26.4 Å². The first kappa shape index (κ1) is 42.0. The minimum atomic E-state index is -3.42. The van der Waals surface area contributed by atoms with Gasteiger partial charge in [-0.3, -0.25) is 10.2 Å². The number of anilines is 4. The molecule has 4 aliphatic rings. The summed E-state index contributed by atoms with van der Waals surface area (Å²) in [6.07, 6.45) is 5.49. The summed E-state index contributed by atoms with van der Waals surface area (Å²) in [6.45, 7) is 7.92. The van der Waals surface area contributed by atoms with Crippen molar-refractivity contribution in [1.82, 2.24) is 35.8 Å². The number of carbonyl (C=O) groups is 2. The molecule has 7 N–H and O–H groups in total. The van der Waals surface area contributed by atoms with Gasteiger partial charge < -0.3 is 30.7 Å². The molecule has 0 radical (unpaired) electrons. The zero-order chi connectivity index (χ0) is 41.9. The lowest BCUT2D eigenvalue weighted by atomic mass is 10.0. The summed E-state index contributed by atoms with van der Waals surface area (Å²) in [7, 11) is -6.57. The fourth-order valence-electron chi connectivity index (χ4n) is 8.01. The molecule has 2 aromatic heterocycles. The maximum Gasteiger partial charge on any atom is 0.407 e. The molecule has 2 aliphatic carbocycles. The molecule has 0 saturated heterocycles. The van der Waals surface area contributed by atoms with E-state index in [1.807, 2.05) is 52.0 Å². The van der Waals surface area contributed by atoms with Crippen LogP contribution in [0.1, 0.15) is 107 Å². The molecule has 4 aromatic rings. The minimum absolute atomic E-state index is 0.0472. The van der Waals surface area contributed by atoms with Gasteiger partial charge in [-0.2, -0.15) is 10.2 Å². The number of sulfone groups is 1. The molecule has 2 amide bonds. The number of nitrogens with zero attached hydrogens (tertiary/aromatic N) is 2. The summed E-state index contributed by atoms with van der Waals surface area (Å²) in [5.74, 6) is 2.02. The van der Waals surface area contributed by atoms with Crippen molar-refractivity contribution in [3.05, 3.63) is 71.0 Å². The zero-order valence-corrected chi connectivity index (χ0v) is 35.3. The first-order chi connectivity index (χ1) is 28.1. The second kappa shape index (κ2) is 17.6. The van der Waals surface area contributed by atoms with Crippen LogP contribution in [0.4, 0.5) is 32.6 Å². The first-order valence-corrected chi connectivity index (χ1v) is 23.3. The Kier molecular flexibility index (Phi) is 12.5. The van der Waals surface area contributed by atoms with Crippen LogP contribution in [-0.4, -0.2) is 79.5 Å². The van der Waals surface area contributed by atoms with Crippen molar-refractivity contribution in [1.29, 1.82) is 0 Å². The van der Waals surface area contributed by atoms with Gasteiger partial charge in [-0.1, -0.05) is 6.07 Å². The Labute approximate surface area is 344 Å². The number of carbonyl (C=O) groups excluding carboxylic acids is 2.